The van der Waals surface area contributed by atoms with E-state index in [2.05, 4.69) is 35.8 Å². The van der Waals surface area contributed by atoms with Gasteiger partial charge in [0.2, 0.25) is 0 Å². The first-order valence-electron chi connectivity index (χ1n) is 7.15. The predicted molar refractivity (Wildman–Crippen MR) is 75.9 cm³/mol. The molecule has 0 saturated carbocycles. The fraction of sp³-hybridized carbons (Fsp3) is 0.786. The van der Waals surface area contributed by atoms with Crippen molar-refractivity contribution in [1.82, 2.24) is 15.1 Å². The van der Waals surface area contributed by atoms with Crippen LogP contribution in [0.3, 0.4) is 0 Å². The molecule has 1 saturated heterocycles. The number of anilines is 1. The molecule has 4 heteroatoms. The smallest absolute Gasteiger partial charge is 0.0825 e. The maximum Gasteiger partial charge on any atom is 0.0825 e. The Balaban J connectivity index is 1.84. The van der Waals surface area contributed by atoms with Crippen LogP contribution in [0.15, 0.2) is 6.20 Å². The monoisotopic (exact) mass is 250 g/mol. The fourth-order valence-corrected chi connectivity index (χ4v) is 2.79. The van der Waals surface area contributed by atoms with Gasteiger partial charge in [-0.2, -0.15) is 5.10 Å². The van der Waals surface area contributed by atoms with Crippen LogP contribution >= 0.6 is 0 Å². The molecule has 2 heterocycles. The zero-order chi connectivity index (χ0) is 13.0. The van der Waals surface area contributed by atoms with Crippen molar-refractivity contribution in [2.75, 3.05) is 11.9 Å². The van der Waals surface area contributed by atoms with Crippen molar-refractivity contribution < 1.29 is 0 Å². The van der Waals surface area contributed by atoms with Crippen molar-refractivity contribution in [3.63, 3.8) is 0 Å². The minimum absolute atomic E-state index is 0.489. The first-order valence-corrected chi connectivity index (χ1v) is 7.15. The molecule has 0 amide bonds. The Hall–Kier alpha value is -1.03. The first-order chi connectivity index (χ1) is 8.65. The van der Waals surface area contributed by atoms with Gasteiger partial charge in [0.25, 0.3) is 0 Å². The Morgan fingerprint density at radius 3 is 3.06 bits per heavy atom. The molecule has 0 aliphatic carbocycles. The molecule has 1 fully saturated rings. The summed E-state index contributed by atoms with van der Waals surface area (Å²) in [4.78, 5) is 0. The molecule has 0 aromatic carbocycles. The largest absolute Gasteiger partial charge is 0.380 e. The lowest BCUT2D eigenvalue weighted by molar-refractivity contribution is 0.456. The van der Waals surface area contributed by atoms with Gasteiger partial charge in [-0.1, -0.05) is 12.8 Å². The fourth-order valence-electron chi connectivity index (χ4n) is 2.79. The molecule has 1 aromatic rings. The summed E-state index contributed by atoms with van der Waals surface area (Å²) in [5.41, 5.74) is 2.25. The number of hydrogen-bond donors (Lipinski definition) is 2. The van der Waals surface area contributed by atoms with Gasteiger partial charge in [-0.25, -0.2) is 0 Å². The van der Waals surface area contributed by atoms with Gasteiger partial charge in [-0.15, -0.1) is 0 Å². The van der Waals surface area contributed by atoms with Crippen LogP contribution in [0, 0.1) is 6.92 Å². The van der Waals surface area contributed by atoms with Crippen LogP contribution in [0.5, 0.6) is 0 Å². The van der Waals surface area contributed by atoms with Crippen LogP contribution in [-0.2, 0) is 7.05 Å². The van der Waals surface area contributed by atoms with Crippen LogP contribution in [0.1, 0.15) is 44.7 Å². The molecule has 2 N–H and O–H groups in total. The molecule has 0 bridgehead atoms. The summed E-state index contributed by atoms with van der Waals surface area (Å²) in [5, 5.41) is 11.6. The number of hydrogen-bond acceptors (Lipinski definition) is 3. The van der Waals surface area contributed by atoms with Crippen LogP contribution < -0.4 is 10.6 Å². The van der Waals surface area contributed by atoms with E-state index in [1.165, 1.54) is 44.3 Å². The summed E-state index contributed by atoms with van der Waals surface area (Å²) in [7, 11) is 1.97. The summed E-state index contributed by atoms with van der Waals surface area (Å²) in [6, 6.07) is 1.16. The number of nitrogens with zero attached hydrogens (tertiary/aromatic N) is 2. The van der Waals surface area contributed by atoms with Crippen molar-refractivity contribution in [3.8, 4) is 0 Å². The normalized spacial score (nSPS) is 22.5. The standard InChI is InChI=1S/C14H26N4/c1-11(9-13-7-5-4-6-8-15-13)16-14-10-18(3)17-12(14)2/h10-11,13,15-16H,4-9H2,1-3H3. The Bertz CT molecular complexity index is 364. The summed E-state index contributed by atoms with van der Waals surface area (Å²) in [6.45, 7) is 5.50. The molecule has 2 atom stereocenters. The molecule has 1 aliphatic rings. The zero-order valence-electron chi connectivity index (χ0n) is 11.9. The minimum atomic E-state index is 0.489. The lowest BCUT2D eigenvalue weighted by Gasteiger charge is -2.21. The van der Waals surface area contributed by atoms with E-state index in [4.69, 9.17) is 0 Å². The second-order valence-electron chi connectivity index (χ2n) is 5.58. The van der Waals surface area contributed by atoms with E-state index in [-0.39, 0.29) is 0 Å². The highest BCUT2D eigenvalue weighted by Gasteiger charge is 2.15. The number of nitrogens with one attached hydrogen (secondary N) is 2. The lowest BCUT2D eigenvalue weighted by Crippen LogP contribution is -2.33. The Kier molecular flexibility index (Phi) is 4.64. The highest BCUT2D eigenvalue weighted by molar-refractivity contribution is 5.46. The number of aromatic nitrogens is 2. The van der Waals surface area contributed by atoms with E-state index < -0.39 is 0 Å². The highest BCUT2D eigenvalue weighted by Crippen LogP contribution is 2.17. The van der Waals surface area contributed by atoms with E-state index in [0.717, 1.165) is 5.69 Å². The second-order valence-corrected chi connectivity index (χ2v) is 5.58. The first kappa shape index (κ1) is 13.4. The van der Waals surface area contributed by atoms with E-state index in [0.29, 0.717) is 12.1 Å². The molecule has 0 radical (unpaired) electrons. The van der Waals surface area contributed by atoms with Crippen LogP contribution in [0.2, 0.25) is 0 Å². The highest BCUT2D eigenvalue weighted by atomic mass is 15.3. The predicted octanol–water partition coefficient (Wildman–Crippen LogP) is 2.45. The summed E-state index contributed by atoms with van der Waals surface area (Å²) >= 11 is 0. The van der Waals surface area contributed by atoms with Crippen molar-refractivity contribution in [3.05, 3.63) is 11.9 Å². The van der Waals surface area contributed by atoms with Crippen molar-refractivity contribution in [2.45, 2.75) is 58.0 Å². The third-order valence-electron chi connectivity index (χ3n) is 3.72. The van der Waals surface area contributed by atoms with Crippen molar-refractivity contribution in [2.24, 2.45) is 7.05 Å². The summed E-state index contributed by atoms with van der Waals surface area (Å²) in [5.74, 6) is 0. The van der Waals surface area contributed by atoms with Crippen LogP contribution in [-0.4, -0.2) is 28.4 Å². The third-order valence-corrected chi connectivity index (χ3v) is 3.72. The molecule has 1 aliphatic heterocycles. The van der Waals surface area contributed by atoms with Gasteiger partial charge >= 0.3 is 0 Å². The molecule has 2 rings (SSSR count). The van der Waals surface area contributed by atoms with E-state index in [1.807, 2.05) is 11.7 Å². The lowest BCUT2D eigenvalue weighted by atomic mass is 10.0. The zero-order valence-corrected chi connectivity index (χ0v) is 11.9. The van der Waals surface area contributed by atoms with Crippen LogP contribution in [0.4, 0.5) is 5.69 Å². The molecular weight excluding hydrogens is 224 g/mol. The van der Waals surface area contributed by atoms with Crippen molar-refractivity contribution in [1.29, 1.82) is 0 Å². The van der Waals surface area contributed by atoms with Crippen LogP contribution in [0.25, 0.3) is 0 Å². The van der Waals surface area contributed by atoms with Gasteiger partial charge < -0.3 is 10.6 Å². The molecule has 0 spiro atoms. The molecular formula is C14H26N4. The molecule has 2 unspecified atom stereocenters. The summed E-state index contributed by atoms with van der Waals surface area (Å²) in [6.07, 6.45) is 8.65. The number of aryl methyl sites for hydroxylation is 2. The van der Waals surface area contributed by atoms with Gasteiger partial charge in [0.15, 0.2) is 0 Å². The minimum Gasteiger partial charge on any atom is -0.380 e. The average molecular weight is 250 g/mol. The topological polar surface area (TPSA) is 41.9 Å². The quantitative estimate of drug-likeness (QED) is 0.862. The maximum absolute atomic E-state index is 4.36. The SMILES string of the molecule is Cc1nn(C)cc1NC(C)CC1CCCCCN1. The Morgan fingerprint density at radius 2 is 2.33 bits per heavy atom. The van der Waals surface area contributed by atoms with Gasteiger partial charge in [0.05, 0.1) is 11.4 Å². The summed E-state index contributed by atoms with van der Waals surface area (Å²) < 4.78 is 1.87. The van der Waals surface area contributed by atoms with E-state index in [9.17, 15) is 0 Å². The Morgan fingerprint density at radius 1 is 1.50 bits per heavy atom. The average Bonchev–Trinajstić information content (AvgIpc) is 2.54. The second kappa shape index (κ2) is 6.23. The van der Waals surface area contributed by atoms with Gasteiger partial charge in [-0.05, 0) is 39.7 Å². The number of rotatable bonds is 4. The molecule has 4 nitrogen and oxygen atoms in total. The molecule has 102 valence electrons. The maximum atomic E-state index is 4.36. The van der Waals surface area contributed by atoms with E-state index >= 15 is 0 Å². The Labute approximate surface area is 110 Å². The molecule has 18 heavy (non-hydrogen) atoms. The van der Waals surface area contributed by atoms with Crippen molar-refractivity contribution >= 4 is 5.69 Å². The van der Waals surface area contributed by atoms with Gasteiger partial charge in [-0.3, -0.25) is 4.68 Å². The van der Waals surface area contributed by atoms with Gasteiger partial charge in [0, 0.05) is 25.3 Å². The van der Waals surface area contributed by atoms with Gasteiger partial charge in [0.1, 0.15) is 0 Å². The third kappa shape index (κ3) is 3.73. The van der Waals surface area contributed by atoms with E-state index in [1.54, 1.807) is 0 Å². The molecule has 1 aromatic heterocycles.